The first-order chi connectivity index (χ1) is 11.7. The second-order valence-electron chi connectivity index (χ2n) is 6.35. The second-order valence-corrected chi connectivity index (χ2v) is 6.35. The second kappa shape index (κ2) is 7.49. The monoisotopic (exact) mass is 324 g/mol. The molecule has 0 aliphatic carbocycles. The van der Waals surface area contributed by atoms with Crippen LogP contribution in [0.5, 0.6) is 5.75 Å². The number of carbonyl (C=O) groups is 1. The highest BCUT2D eigenvalue weighted by molar-refractivity contribution is 5.78. The van der Waals surface area contributed by atoms with E-state index in [1.54, 1.807) is 7.11 Å². The van der Waals surface area contributed by atoms with Gasteiger partial charge in [0.25, 0.3) is 0 Å². The molecule has 0 radical (unpaired) electrons. The van der Waals surface area contributed by atoms with Gasteiger partial charge in [0.2, 0.25) is 5.91 Å². The van der Waals surface area contributed by atoms with Gasteiger partial charge in [-0.15, -0.1) is 0 Å². The van der Waals surface area contributed by atoms with Gasteiger partial charge in [-0.1, -0.05) is 36.4 Å². The molecule has 0 fully saturated rings. The van der Waals surface area contributed by atoms with Crippen molar-refractivity contribution >= 4 is 5.91 Å². The van der Waals surface area contributed by atoms with Gasteiger partial charge in [0.1, 0.15) is 5.75 Å². The molecule has 1 aliphatic rings. The number of hydrogen-bond acceptors (Lipinski definition) is 3. The van der Waals surface area contributed by atoms with E-state index in [2.05, 4.69) is 23.1 Å². The number of fused-ring (bicyclic) bond motifs is 1. The molecule has 0 saturated carbocycles. The average molecular weight is 324 g/mol. The van der Waals surface area contributed by atoms with E-state index in [0.29, 0.717) is 6.54 Å². The number of carbonyl (C=O) groups excluding carboxylic acids is 1. The third kappa shape index (κ3) is 3.95. The van der Waals surface area contributed by atoms with Gasteiger partial charge < -0.3 is 9.64 Å². The summed E-state index contributed by atoms with van der Waals surface area (Å²) >= 11 is 0. The maximum Gasteiger partial charge on any atom is 0.237 e. The summed E-state index contributed by atoms with van der Waals surface area (Å²) in [5, 5.41) is 0. The van der Waals surface area contributed by atoms with Gasteiger partial charge in [-0.05, 0) is 42.3 Å². The Bertz CT molecular complexity index is 697. The normalized spacial score (nSPS) is 13.7. The van der Waals surface area contributed by atoms with Crippen molar-refractivity contribution in [1.29, 1.82) is 0 Å². The first-order valence-corrected chi connectivity index (χ1v) is 8.32. The third-order valence-corrected chi connectivity index (χ3v) is 4.50. The Hall–Kier alpha value is -2.33. The number of likely N-dealkylation sites (N-methyl/N-ethyl adjacent to an activating group) is 1. The number of ether oxygens (including phenoxy) is 1. The summed E-state index contributed by atoms with van der Waals surface area (Å²) in [5.74, 6) is 1.05. The van der Waals surface area contributed by atoms with Crippen molar-refractivity contribution in [2.75, 3.05) is 27.2 Å². The van der Waals surface area contributed by atoms with Crippen LogP contribution in [0.4, 0.5) is 0 Å². The molecule has 1 amide bonds. The molecule has 0 spiro atoms. The molecule has 0 aromatic heterocycles. The van der Waals surface area contributed by atoms with E-state index in [-0.39, 0.29) is 5.91 Å². The summed E-state index contributed by atoms with van der Waals surface area (Å²) < 4.78 is 5.17. The Labute approximate surface area is 143 Å². The van der Waals surface area contributed by atoms with Crippen LogP contribution in [0.25, 0.3) is 0 Å². The van der Waals surface area contributed by atoms with Crippen molar-refractivity contribution in [3.63, 3.8) is 0 Å². The largest absolute Gasteiger partial charge is 0.497 e. The van der Waals surface area contributed by atoms with Gasteiger partial charge in [0.15, 0.2) is 0 Å². The Kier molecular flexibility index (Phi) is 5.16. The molecule has 24 heavy (non-hydrogen) atoms. The molecular weight excluding hydrogens is 300 g/mol. The molecule has 126 valence electrons. The van der Waals surface area contributed by atoms with Crippen LogP contribution in [-0.4, -0.2) is 43.0 Å². The van der Waals surface area contributed by atoms with Crippen molar-refractivity contribution in [3.05, 3.63) is 65.2 Å². The van der Waals surface area contributed by atoms with E-state index in [1.165, 1.54) is 16.7 Å². The quantitative estimate of drug-likeness (QED) is 0.848. The fourth-order valence-corrected chi connectivity index (χ4v) is 3.14. The fourth-order valence-electron chi connectivity index (χ4n) is 3.14. The predicted molar refractivity (Wildman–Crippen MR) is 94.9 cm³/mol. The third-order valence-electron chi connectivity index (χ3n) is 4.50. The van der Waals surface area contributed by atoms with Crippen LogP contribution in [-0.2, 0) is 24.3 Å². The molecule has 3 rings (SSSR count). The molecule has 1 heterocycles. The van der Waals surface area contributed by atoms with Crippen LogP contribution >= 0.6 is 0 Å². The summed E-state index contributed by atoms with van der Waals surface area (Å²) in [6, 6.07) is 16.4. The minimum absolute atomic E-state index is 0.195. The molecule has 0 bridgehead atoms. The highest BCUT2D eigenvalue weighted by atomic mass is 16.5. The Morgan fingerprint density at radius 3 is 2.54 bits per heavy atom. The van der Waals surface area contributed by atoms with Crippen LogP contribution in [0, 0.1) is 0 Å². The summed E-state index contributed by atoms with van der Waals surface area (Å²) in [4.78, 5) is 16.6. The van der Waals surface area contributed by atoms with E-state index in [1.807, 2.05) is 42.3 Å². The van der Waals surface area contributed by atoms with Crippen LogP contribution in [0.15, 0.2) is 48.5 Å². The van der Waals surface area contributed by atoms with Crippen LogP contribution in [0.3, 0.4) is 0 Å². The minimum atomic E-state index is 0.195. The van der Waals surface area contributed by atoms with Crippen LogP contribution in [0.2, 0.25) is 0 Å². The zero-order valence-electron chi connectivity index (χ0n) is 14.4. The van der Waals surface area contributed by atoms with E-state index in [4.69, 9.17) is 4.74 Å². The van der Waals surface area contributed by atoms with E-state index in [0.717, 1.165) is 31.8 Å². The Morgan fingerprint density at radius 1 is 1.12 bits per heavy atom. The smallest absolute Gasteiger partial charge is 0.237 e. The molecule has 2 aromatic carbocycles. The summed E-state index contributed by atoms with van der Waals surface area (Å²) in [7, 11) is 3.65. The highest BCUT2D eigenvalue weighted by Crippen LogP contribution is 2.19. The van der Waals surface area contributed by atoms with Gasteiger partial charge >= 0.3 is 0 Å². The average Bonchev–Trinajstić information content (AvgIpc) is 2.61. The lowest BCUT2D eigenvalue weighted by Gasteiger charge is -2.30. The first kappa shape index (κ1) is 16.5. The van der Waals surface area contributed by atoms with Gasteiger partial charge in [-0.25, -0.2) is 0 Å². The van der Waals surface area contributed by atoms with Gasteiger partial charge in [0.05, 0.1) is 13.7 Å². The van der Waals surface area contributed by atoms with Gasteiger partial charge in [-0.2, -0.15) is 0 Å². The number of methoxy groups -OCH3 is 1. The topological polar surface area (TPSA) is 32.8 Å². The lowest BCUT2D eigenvalue weighted by molar-refractivity contribution is -0.133. The molecule has 2 aromatic rings. The van der Waals surface area contributed by atoms with Crippen molar-refractivity contribution in [3.8, 4) is 5.75 Å². The van der Waals surface area contributed by atoms with Crippen LogP contribution in [0.1, 0.15) is 16.7 Å². The number of hydrogen-bond donors (Lipinski definition) is 0. The van der Waals surface area contributed by atoms with Crippen molar-refractivity contribution in [2.45, 2.75) is 19.5 Å². The number of nitrogens with zero attached hydrogens (tertiary/aromatic N) is 2. The molecule has 4 nitrogen and oxygen atoms in total. The zero-order valence-corrected chi connectivity index (χ0v) is 14.4. The summed E-state index contributed by atoms with van der Waals surface area (Å²) in [6.45, 7) is 2.73. The predicted octanol–water partition coefficient (Wildman–Crippen LogP) is 2.71. The molecular formula is C20H24N2O2. The molecule has 0 atom stereocenters. The van der Waals surface area contributed by atoms with Crippen molar-refractivity contribution in [2.24, 2.45) is 0 Å². The van der Waals surface area contributed by atoms with E-state index >= 15 is 0 Å². The van der Waals surface area contributed by atoms with E-state index < -0.39 is 0 Å². The van der Waals surface area contributed by atoms with Gasteiger partial charge in [-0.3, -0.25) is 9.69 Å². The fraction of sp³-hybridized carbons (Fsp3) is 0.350. The van der Waals surface area contributed by atoms with Crippen molar-refractivity contribution in [1.82, 2.24) is 9.80 Å². The lowest BCUT2D eigenvalue weighted by atomic mass is 10.00. The lowest BCUT2D eigenvalue weighted by Crippen LogP contribution is -2.41. The molecule has 0 unspecified atom stereocenters. The summed E-state index contributed by atoms with van der Waals surface area (Å²) in [5.41, 5.74) is 3.82. The maximum absolute atomic E-state index is 12.6. The zero-order chi connectivity index (χ0) is 16.9. The molecule has 1 aliphatic heterocycles. The summed E-state index contributed by atoms with van der Waals surface area (Å²) in [6.07, 6.45) is 0.949. The number of benzene rings is 2. The van der Waals surface area contributed by atoms with Crippen LogP contribution < -0.4 is 4.74 Å². The highest BCUT2D eigenvalue weighted by Gasteiger charge is 2.21. The minimum Gasteiger partial charge on any atom is -0.497 e. The first-order valence-electron chi connectivity index (χ1n) is 8.32. The van der Waals surface area contributed by atoms with Gasteiger partial charge in [0, 0.05) is 19.6 Å². The Morgan fingerprint density at radius 2 is 1.83 bits per heavy atom. The molecule has 0 saturated heterocycles. The molecule has 4 heteroatoms. The standard InChI is InChI=1S/C20H24N2O2/c1-21(13-16-7-9-19(24-2)10-8-16)15-20(23)22-12-11-17-5-3-4-6-18(17)14-22/h3-10H,11-15H2,1-2H3. The number of amides is 1. The molecule has 0 N–H and O–H groups in total. The van der Waals surface area contributed by atoms with Crippen molar-refractivity contribution < 1.29 is 9.53 Å². The van der Waals surface area contributed by atoms with E-state index in [9.17, 15) is 4.79 Å². The SMILES string of the molecule is COc1ccc(CN(C)CC(=O)N2CCc3ccccc3C2)cc1. The number of rotatable bonds is 5. The Balaban J connectivity index is 1.54. The maximum atomic E-state index is 12.6.